The third kappa shape index (κ3) is 4.76. The van der Waals surface area contributed by atoms with E-state index >= 15 is 0 Å². The molecule has 0 aliphatic carbocycles. The molecule has 0 amide bonds. The molecule has 1 fully saturated rings. The minimum absolute atomic E-state index is 0.563. The second kappa shape index (κ2) is 7.67. The van der Waals surface area contributed by atoms with Crippen LogP contribution in [0, 0.1) is 0 Å². The number of carboxylic acid groups (broad SMARTS) is 1. The lowest BCUT2D eigenvalue weighted by molar-refractivity contribution is -0.139. The first kappa shape index (κ1) is 20.3. The summed E-state index contributed by atoms with van der Waals surface area (Å²) in [7, 11) is -4.86. The third-order valence-corrected chi connectivity index (χ3v) is 3.79. The Kier molecular flexibility index (Phi) is 5.98. The van der Waals surface area contributed by atoms with E-state index in [4.69, 9.17) is 24.4 Å². The fourth-order valence-electron chi connectivity index (χ4n) is 2.17. The Morgan fingerprint density at radius 1 is 1.31 bits per heavy atom. The van der Waals surface area contributed by atoms with Gasteiger partial charge in [0.05, 0.1) is 12.8 Å². The summed E-state index contributed by atoms with van der Waals surface area (Å²) in [6.07, 6.45) is -5.58. The van der Waals surface area contributed by atoms with Gasteiger partial charge in [-0.05, 0) is 0 Å². The summed E-state index contributed by atoms with van der Waals surface area (Å²) in [5.41, 5.74) is -2.09. The molecule has 0 aromatic carbocycles. The molecule has 0 spiro atoms. The minimum atomic E-state index is -4.86. The number of hydrogen-bond acceptors (Lipinski definition) is 9. The molecule has 146 valence electrons. The van der Waals surface area contributed by atoms with Crippen LogP contribution in [0.3, 0.4) is 0 Å². The van der Waals surface area contributed by atoms with Crippen molar-refractivity contribution in [2.24, 2.45) is 0 Å². The highest BCUT2D eigenvalue weighted by molar-refractivity contribution is 7.46. The molecular formula is C11H15N2O12P. The number of aliphatic hydroxyl groups is 2. The zero-order valence-electron chi connectivity index (χ0n) is 12.8. The summed E-state index contributed by atoms with van der Waals surface area (Å²) in [5.74, 6) is -1.95. The molecule has 14 nitrogen and oxygen atoms in total. The number of ether oxygens (including phenoxy) is 2. The van der Waals surface area contributed by atoms with Crippen molar-refractivity contribution in [3.63, 3.8) is 0 Å². The number of nitrogens with zero attached hydrogens (tertiary/aromatic N) is 1. The Morgan fingerprint density at radius 3 is 2.54 bits per heavy atom. The molecule has 0 unspecified atom stereocenters. The molecule has 1 aromatic heterocycles. The van der Waals surface area contributed by atoms with Crippen molar-refractivity contribution in [1.82, 2.24) is 9.55 Å². The Hall–Kier alpha value is -2.06. The molecule has 4 atom stereocenters. The summed E-state index contributed by atoms with van der Waals surface area (Å²) in [6, 6.07) is 0. The van der Waals surface area contributed by atoms with Crippen LogP contribution in [-0.4, -0.2) is 72.2 Å². The van der Waals surface area contributed by atoms with Gasteiger partial charge in [-0.25, -0.2) is 14.2 Å². The summed E-state index contributed by atoms with van der Waals surface area (Å²) < 4.78 is 25.4. The number of phosphoric ester groups is 1. The van der Waals surface area contributed by atoms with Crippen molar-refractivity contribution in [2.45, 2.75) is 24.5 Å². The van der Waals surface area contributed by atoms with Crippen molar-refractivity contribution >= 4 is 13.8 Å². The first-order valence-electron chi connectivity index (χ1n) is 6.91. The maximum absolute atomic E-state index is 11.9. The van der Waals surface area contributed by atoms with Crippen molar-refractivity contribution < 1.29 is 48.5 Å². The van der Waals surface area contributed by atoms with E-state index in [-0.39, 0.29) is 0 Å². The zero-order chi connectivity index (χ0) is 19.6. The van der Waals surface area contributed by atoms with Crippen LogP contribution in [0.25, 0.3) is 0 Å². The minimum Gasteiger partial charge on any atom is -0.479 e. The summed E-state index contributed by atoms with van der Waals surface area (Å²) >= 11 is 0. The lowest BCUT2D eigenvalue weighted by Crippen LogP contribution is -2.38. The Labute approximate surface area is 143 Å². The molecule has 26 heavy (non-hydrogen) atoms. The molecule has 2 rings (SSSR count). The van der Waals surface area contributed by atoms with Gasteiger partial charge in [-0.1, -0.05) is 0 Å². The largest absolute Gasteiger partial charge is 0.479 e. The van der Waals surface area contributed by atoms with Crippen molar-refractivity contribution in [3.8, 4) is 5.75 Å². The summed E-state index contributed by atoms with van der Waals surface area (Å²) in [5, 5.41) is 28.4. The Bertz CT molecular complexity index is 827. The molecule has 1 aliphatic rings. The number of nitrogens with one attached hydrogen (secondary N) is 1. The van der Waals surface area contributed by atoms with Crippen LogP contribution in [-0.2, 0) is 18.6 Å². The molecule has 2 heterocycles. The van der Waals surface area contributed by atoms with Crippen molar-refractivity contribution in [1.29, 1.82) is 0 Å². The maximum atomic E-state index is 11.9. The van der Waals surface area contributed by atoms with Gasteiger partial charge in [0.15, 0.2) is 12.8 Å². The van der Waals surface area contributed by atoms with Crippen LogP contribution >= 0.6 is 7.82 Å². The number of carboxylic acids is 1. The van der Waals surface area contributed by atoms with Crippen LogP contribution in [0.5, 0.6) is 5.75 Å². The molecule has 1 saturated heterocycles. The SMILES string of the molecule is O=C(O)COc1cn([C@@H]2O[C@H](COP(=O)(O)O)[C@@H](O)[C@H]2O)c(=O)[nH]c1=O. The number of phosphoric acid groups is 1. The van der Waals surface area contributed by atoms with E-state index in [2.05, 4.69) is 4.52 Å². The van der Waals surface area contributed by atoms with Crippen LogP contribution in [0.2, 0.25) is 0 Å². The average molecular weight is 398 g/mol. The second-order valence-corrected chi connectivity index (χ2v) is 6.41. The third-order valence-electron chi connectivity index (χ3n) is 3.30. The fourth-order valence-corrected chi connectivity index (χ4v) is 2.51. The number of aromatic amines is 1. The summed E-state index contributed by atoms with van der Waals surface area (Å²) in [4.78, 5) is 53.1. The Morgan fingerprint density at radius 2 is 1.96 bits per heavy atom. The van der Waals surface area contributed by atoms with E-state index < -0.39 is 68.5 Å². The normalized spacial score (nSPS) is 26.0. The number of aliphatic hydroxyl groups excluding tert-OH is 2. The van der Waals surface area contributed by atoms with E-state index in [1.54, 1.807) is 0 Å². The van der Waals surface area contributed by atoms with Gasteiger partial charge in [0.25, 0.3) is 5.56 Å². The molecule has 6 N–H and O–H groups in total. The smallest absolute Gasteiger partial charge is 0.469 e. The fraction of sp³-hybridized carbons (Fsp3) is 0.545. The van der Waals surface area contributed by atoms with Crippen molar-refractivity contribution in [3.05, 3.63) is 27.0 Å². The lowest BCUT2D eigenvalue weighted by Gasteiger charge is -2.17. The number of rotatable bonds is 7. The van der Waals surface area contributed by atoms with E-state index in [1.165, 1.54) is 0 Å². The van der Waals surface area contributed by atoms with Gasteiger partial charge in [-0.15, -0.1) is 0 Å². The first-order valence-corrected chi connectivity index (χ1v) is 8.44. The van der Waals surface area contributed by atoms with E-state index in [9.17, 15) is 29.2 Å². The zero-order valence-corrected chi connectivity index (χ0v) is 13.7. The molecule has 15 heteroatoms. The van der Waals surface area contributed by atoms with E-state index in [1.807, 2.05) is 4.98 Å². The predicted octanol–water partition coefficient (Wildman–Crippen LogP) is -3.27. The number of aliphatic carboxylic acids is 1. The van der Waals surface area contributed by atoms with E-state index in [0.717, 1.165) is 6.20 Å². The second-order valence-electron chi connectivity index (χ2n) is 5.17. The van der Waals surface area contributed by atoms with Crippen LogP contribution in [0.15, 0.2) is 15.8 Å². The standard InChI is InChI=1S/C11H15N2O12P/c14-6(15)3-23-4-1-13(11(19)12-9(4)18)10-8(17)7(16)5(25-10)2-24-26(20,21)22/h1,5,7-8,10,16-17H,2-3H2,(H,14,15)(H,12,18,19)(H2,20,21,22)/t5-,7-,8-,10-/m1/s1. The topological polar surface area (TPSA) is 218 Å². The highest BCUT2D eigenvalue weighted by Crippen LogP contribution is 2.38. The van der Waals surface area contributed by atoms with Crippen LogP contribution in [0.4, 0.5) is 0 Å². The quantitative estimate of drug-likeness (QED) is 0.249. The van der Waals surface area contributed by atoms with E-state index in [0.29, 0.717) is 4.57 Å². The van der Waals surface area contributed by atoms with Crippen LogP contribution in [0.1, 0.15) is 6.23 Å². The highest BCUT2D eigenvalue weighted by Gasteiger charge is 2.45. The first-order chi connectivity index (χ1) is 12.0. The van der Waals surface area contributed by atoms with Gasteiger partial charge < -0.3 is 34.6 Å². The Balaban J connectivity index is 2.25. The number of aromatic nitrogens is 2. The maximum Gasteiger partial charge on any atom is 0.469 e. The summed E-state index contributed by atoms with van der Waals surface area (Å²) in [6.45, 7) is -1.67. The van der Waals surface area contributed by atoms with Crippen molar-refractivity contribution in [2.75, 3.05) is 13.2 Å². The molecule has 0 radical (unpaired) electrons. The predicted molar refractivity (Wildman–Crippen MR) is 78.4 cm³/mol. The lowest BCUT2D eigenvalue weighted by atomic mass is 10.1. The van der Waals surface area contributed by atoms with Gasteiger partial charge in [-0.2, -0.15) is 0 Å². The molecule has 0 bridgehead atoms. The molecule has 0 saturated carbocycles. The molecule has 1 aliphatic heterocycles. The number of H-pyrrole nitrogens is 1. The molecule has 1 aromatic rings. The van der Waals surface area contributed by atoms with Crippen LogP contribution < -0.4 is 16.0 Å². The number of carbonyl (C=O) groups is 1. The van der Waals surface area contributed by atoms with Gasteiger partial charge in [-0.3, -0.25) is 18.9 Å². The van der Waals surface area contributed by atoms with Gasteiger partial charge in [0, 0.05) is 0 Å². The molecular weight excluding hydrogens is 383 g/mol. The average Bonchev–Trinajstić information content (AvgIpc) is 2.79. The number of hydrogen-bond donors (Lipinski definition) is 6. The van der Waals surface area contributed by atoms with Gasteiger partial charge in [0.2, 0.25) is 5.75 Å². The monoisotopic (exact) mass is 398 g/mol. The highest BCUT2D eigenvalue weighted by atomic mass is 31.2. The van der Waals surface area contributed by atoms with Gasteiger partial charge >= 0.3 is 19.5 Å². The van der Waals surface area contributed by atoms with Gasteiger partial charge in [0.1, 0.15) is 18.3 Å².